The molecule has 28 heavy (non-hydrogen) atoms. The number of phenolic OH excluding ortho intramolecular Hbond substituents is 1. The number of phenols is 1. The topological polar surface area (TPSA) is 74.0 Å². The van der Waals surface area contributed by atoms with E-state index in [2.05, 4.69) is 4.98 Å². The van der Waals surface area contributed by atoms with E-state index in [0.717, 1.165) is 0 Å². The van der Waals surface area contributed by atoms with Gasteiger partial charge in [0.15, 0.2) is 5.78 Å². The van der Waals surface area contributed by atoms with Gasteiger partial charge in [-0.2, -0.15) is 5.26 Å². The third kappa shape index (κ3) is 1.97. The second kappa shape index (κ2) is 5.73. The van der Waals surface area contributed by atoms with Gasteiger partial charge in [0.25, 0.3) is 0 Å². The van der Waals surface area contributed by atoms with Crippen molar-refractivity contribution in [2.45, 2.75) is 0 Å². The van der Waals surface area contributed by atoms with Gasteiger partial charge in [-0.15, -0.1) is 0 Å². The molecule has 0 aliphatic heterocycles. The number of nitrogens with zero attached hydrogens (tertiary/aromatic N) is 2. The van der Waals surface area contributed by atoms with Crippen LogP contribution in [-0.2, 0) is 0 Å². The van der Waals surface area contributed by atoms with E-state index in [9.17, 15) is 19.6 Å². The predicted octanol–water partition coefficient (Wildman–Crippen LogP) is 4.51. The number of carbonyl (C=O) groups excluding carboxylic acids is 1. The first-order valence-corrected chi connectivity index (χ1v) is 8.59. The van der Waals surface area contributed by atoms with Gasteiger partial charge in [-0.1, -0.05) is 30.3 Å². The molecule has 1 aromatic heterocycles. The third-order valence-corrected chi connectivity index (χ3v) is 5.11. The number of aromatic hydroxyl groups is 1. The second-order valence-electron chi connectivity index (χ2n) is 6.53. The van der Waals surface area contributed by atoms with Gasteiger partial charge in [0, 0.05) is 34.6 Å². The van der Waals surface area contributed by atoms with Gasteiger partial charge < -0.3 is 5.11 Å². The van der Waals surface area contributed by atoms with E-state index >= 15 is 0 Å². The maximum atomic E-state index is 14.5. The fraction of sp³-hybridized carbons (Fsp3) is 0. The van der Waals surface area contributed by atoms with Crippen molar-refractivity contribution in [1.29, 1.82) is 5.26 Å². The average Bonchev–Trinajstić information content (AvgIpc) is 3.16. The number of ketones is 1. The van der Waals surface area contributed by atoms with Crippen LogP contribution in [0.3, 0.4) is 0 Å². The Bertz CT molecular complexity index is 1310. The zero-order valence-corrected chi connectivity index (χ0v) is 14.4. The molecule has 0 saturated heterocycles. The quantitative estimate of drug-likeness (QED) is 0.367. The number of hydrogen-bond donors (Lipinski definition) is 1. The van der Waals surface area contributed by atoms with Crippen LogP contribution in [0.1, 0.15) is 27.0 Å². The van der Waals surface area contributed by atoms with Crippen molar-refractivity contribution in [3.63, 3.8) is 0 Å². The predicted molar refractivity (Wildman–Crippen MR) is 102 cm³/mol. The van der Waals surface area contributed by atoms with E-state index in [1.807, 2.05) is 6.07 Å². The fourth-order valence-electron chi connectivity index (χ4n) is 4.04. The van der Waals surface area contributed by atoms with Gasteiger partial charge in [0.1, 0.15) is 11.6 Å². The first-order chi connectivity index (χ1) is 13.6. The Balaban J connectivity index is 1.95. The largest absolute Gasteiger partial charge is 0.507 e. The summed E-state index contributed by atoms with van der Waals surface area (Å²) in [6.07, 6.45) is 2.88. The Morgan fingerprint density at radius 2 is 1.71 bits per heavy atom. The van der Waals surface area contributed by atoms with Crippen LogP contribution < -0.4 is 0 Å². The summed E-state index contributed by atoms with van der Waals surface area (Å²) in [5.41, 5.74) is 3.92. The molecule has 1 N–H and O–H groups in total. The number of allylic oxidation sites excluding steroid dienone is 3. The van der Waals surface area contributed by atoms with Crippen LogP contribution in [-0.4, -0.2) is 15.9 Å². The van der Waals surface area contributed by atoms with Crippen LogP contribution in [0, 0.1) is 17.1 Å². The molecule has 5 rings (SSSR count). The summed E-state index contributed by atoms with van der Waals surface area (Å²) in [6.45, 7) is 0. The van der Waals surface area contributed by atoms with Gasteiger partial charge >= 0.3 is 0 Å². The number of fused-ring (bicyclic) bond motifs is 4. The van der Waals surface area contributed by atoms with Gasteiger partial charge in [-0.25, -0.2) is 4.39 Å². The maximum Gasteiger partial charge on any atom is 0.197 e. The standard InChI is InChI=1S/C23H11FN2O2/c24-16-7-1-4-12-13(9-10-25)21(23(28)19(12)16)18-14-5-2-8-17(27)20(14)22-15(18)6-3-11-26-22/h1-9,11,27H/b13-9+,21-18-. The van der Waals surface area contributed by atoms with Gasteiger partial charge in [-0.05, 0) is 29.3 Å². The molecular formula is C23H11FN2O2. The fourth-order valence-corrected chi connectivity index (χ4v) is 4.04. The van der Waals surface area contributed by atoms with E-state index in [0.29, 0.717) is 39.1 Å². The lowest BCUT2D eigenvalue weighted by molar-refractivity contribution is 0.104. The molecule has 132 valence electrons. The summed E-state index contributed by atoms with van der Waals surface area (Å²) >= 11 is 0. The van der Waals surface area contributed by atoms with Crippen molar-refractivity contribution in [2.24, 2.45) is 0 Å². The number of pyridine rings is 1. The van der Waals surface area contributed by atoms with Crippen molar-refractivity contribution < 1.29 is 14.3 Å². The molecule has 2 aliphatic carbocycles. The molecule has 0 bridgehead atoms. The first-order valence-electron chi connectivity index (χ1n) is 8.59. The molecule has 5 heteroatoms. The Labute approximate surface area is 159 Å². The summed E-state index contributed by atoms with van der Waals surface area (Å²) in [5, 5.41) is 19.7. The van der Waals surface area contributed by atoms with E-state index in [4.69, 9.17) is 0 Å². The van der Waals surface area contributed by atoms with E-state index in [1.54, 1.807) is 42.6 Å². The Kier molecular flexibility index (Phi) is 3.31. The molecule has 2 aliphatic rings. The van der Waals surface area contributed by atoms with Crippen LogP contribution in [0.4, 0.5) is 4.39 Å². The highest BCUT2D eigenvalue weighted by Gasteiger charge is 2.39. The lowest BCUT2D eigenvalue weighted by Gasteiger charge is -2.08. The van der Waals surface area contributed by atoms with Gasteiger partial charge in [0.2, 0.25) is 0 Å². The van der Waals surface area contributed by atoms with Crippen molar-refractivity contribution in [1.82, 2.24) is 4.98 Å². The molecule has 0 spiro atoms. The third-order valence-electron chi connectivity index (χ3n) is 5.11. The molecule has 2 aromatic carbocycles. The molecule has 0 unspecified atom stereocenters. The highest BCUT2D eigenvalue weighted by molar-refractivity contribution is 6.32. The molecule has 0 amide bonds. The number of nitriles is 1. The minimum absolute atomic E-state index is 0.0365. The van der Waals surface area contributed by atoms with Crippen molar-refractivity contribution in [3.05, 3.63) is 94.4 Å². The van der Waals surface area contributed by atoms with Crippen LogP contribution in [0.5, 0.6) is 5.75 Å². The molecule has 0 radical (unpaired) electrons. The summed E-state index contributed by atoms with van der Waals surface area (Å²) in [7, 11) is 0. The first kappa shape index (κ1) is 16.2. The highest BCUT2D eigenvalue weighted by Crippen LogP contribution is 2.52. The lowest BCUT2D eigenvalue weighted by Crippen LogP contribution is -2.01. The van der Waals surface area contributed by atoms with Crippen LogP contribution in [0.25, 0.3) is 22.4 Å². The molecule has 0 saturated carbocycles. The number of benzene rings is 2. The average molecular weight is 366 g/mol. The Morgan fingerprint density at radius 3 is 2.54 bits per heavy atom. The summed E-state index contributed by atoms with van der Waals surface area (Å²) in [4.78, 5) is 17.6. The minimum atomic E-state index is -0.623. The van der Waals surface area contributed by atoms with Crippen LogP contribution >= 0.6 is 0 Å². The smallest absolute Gasteiger partial charge is 0.197 e. The molecule has 0 fully saturated rings. The number of rotatable bonds is 0. The van der Waals surface area contributed by atoms with Crippen LogP contribution in [0.2, 0.25) is 0 Å². The zero-order chi connectivity index (χ0) is 19.4. The van der Waals surface area contributed by atoms with Crippen LogP contribution in [0.15, 0.2) is 66.4 Å². The molecule has 4 nitrogen and oxygen atoms in total. The number of Topliss-reactive ketones (excluding diaryl/α,β-unsaturated/α-hetero) is 1. The monoisotopic (exact) mass is 366 g/mol. The van der Waals surface area contributed by atoms with E-state index in [1.165, 1.54) is 18.2 Å². The summed E-state index contributed by atoms with van der Waals surface area (Å²) in [6, 6.07) is 14.9. The van der Waals surface area contributed by atoms with Crippen molar-refractivity contribution in [3.8, 4) is 23.1 Å². The molecule has 1 heterocycles. The zero-order valence-electron chi connectivity index (χ0n) is 14.4. The Morgan fingerprint density at radius 1 is 0.964 bits per heavy atom. The maximum absolute atomic E-state index is 14.5. The number of aromatic nitrogens is 1. The SMILES string of the molecule is N#C/C=C1/C(=C2/c3cccnc3-c3c(O)cccc32)C(=O)c2c(F)cccc21. The molecule has 3 aromatic rings. The van der Waals surface area contributed by atoms with Crippen molar-refractivity contribution >= 4 is 16.9 Å². The number of hydrogen-bond acceptors (Lipinski definition) is 4. The van der Waals surface area contributed by atoms with E-state index in [-0.39, 0.29) is 16.9 Å². The highest BCUT2D eigenvalue weighted by atomic mass is 19.1. The Hall–Kier alpha value is -4.04. The van der Waals surface area contributed by atoms with Gasteiger partial charge in [-0.3, -0.25) is 9.78 Å². The number of halogens is 1. The number of carbonyl (C=O) groups is 1. The van der Waals surface area contributed by atoms with E-state index < -0.39 is 11.6 Å². The lowest BCUT2D eigenvalue weighted by atomic mass is 9.93. The molecular weight excluding hydrogens is 355 g/mol. The minimum Gasteiger partial charge on any atom is -0.507 e. The summed E-state index contributed by atoms with van der Waals surface area (Å²) in [5.74, 6) is -1.05. The molecule has 0 atom stereocenters. The van der Waals surface area contributed by atoms with Crippen molar-refractivity contribution in [2.75, 3.05) is 0 Å². The van der Waals surface area contributed by atoms with Gasteiger partial charge in [0.05, 0.1) is 22.9 Å². The normalized spacial score (nSPS) is 18.0. The summed E-state index contributed by atoms with van der Waals surface area (Å²) < 4.78 is 14.5. The second-order valence-corrected chi connectivity index (χ2v) is 6.53.